The molecular formula is C17H21NO2S. The van der Waals surface area contributed by atoms with E-state index in [2.05, 4.69) is 42.8 Å². The van der Waals surface area contributed by atoms with Gasteiger partial charge in [0.05, 0.1) is 5.56 Å². The second kappa shape index (κ2) is 6.87. The lowest BCUT2D eigenvalue weighted by Gasteiger charge is -2.22. The van der Waals surface area contributed by atoms with Crippen LogP contribution in [-0.2, 0) is 0 Å². The first-order valence-corrected chi connectivity index (χ1v) is 8.16. The first kappa shape index (κ1) is 15.7. The zero-order valence-corrected chi connectivity index (χ0v) is 13.3. The van der Waals surface area contributed by atoms with Gasteiger partial charge in [0, 0.05) is 17.0 Å². The molecule has 2 aromatic carbocycles. The summed E-state index contributed by atoms with van der Waals surface area (Å²) in [5.41, 5.74) is 1.71. The normalized spacial score (nSPS) is 13.9. The van der Waals surface area contributed by atoms with Crippen molar-refractivity contribution in [2.24, 2.45) is 0 Å². The molecule has 2 atom stereocenters. The molecule has 3 N–H and O–H groups in total. The lowest BCUT2D eigenvalue weighted by atomic mass is 10.0. The Hall–Kier alpha value is -1.65. The minimum atomic E-state index is -0.151. The summed E-state index contributed by atoms with van der Waals surface area (Å²) in [5, 5.41) is 23.2. The van der Waals surface area contributed by atoms with Crippen molar-refractivity contribution in [3.8, 4) is 11.5 Å². The zero-order valence-electron chi connectivity index (χ0n) is 12.5. The van der Waals surface area contributed by atoms with E-state index >= 15 is 0 Å². The average Bonchev–Trinajstić information content (AvgIpc) is 2.47. The molecule has 21 heavy (non-hydrogen) atoms. The summed E-state index contributed by atoms with van der Waals surface area (Å²) < 4.78 is 0. The van der Waals surface area contributed by atoms with Crippen molar-refractivity contribution in [1.29, 1.82) is 0 Å². The Kier molecular flexibility index (Phi) is 5.15. The zero-order chi connectivity index (χ0) is 15.4. The Morgan fingerprint density at radius 1 is 0.905 bits per heavy atom. The Bertz CT molecular complexity index is 578. The van der Waals surface area contributed by atoms with Crippen molar-refractivity contribution < 1.29 is 10.2 Å². The van der Waals surface area contributed by atoms with Crippen molar-refractivity contribution in [2.45, 2.75) is 30.8 Å². The van der Waals surface area contributed by atoms with E-state index in [9.17, 15) is 10.2 Å². The molecule has 0 spiro atoms. The number of thioether (sulfide) groups is 1. The molecule has 4 heteroatoms. The summed E-state index contributed by atoms with van der Waals surface area (Å²) in [6.45, 7) is 4.00. The van der Waals surface area contributed by atoms with Crippen LogP contribution in [0.2, 0.25) is 0 Å². The number of rotatable bonds is 5. The minimum absolute atomic E-state index is 0.111. The molecule has 0 aromatic heterocycles. The molecular weight excluding hydrogens is 282 g/mol. The largest absolute Gasteiger partial charge is 0.507 e. The van der Waals surface area contributed by atoms with E-state index in [1.807, 2.05) is 6.92 Å². The first-order chi connectivity index (χ1) is 10.0. The smallest absolute Gasteiger partial charge is 0.124 e. The fourth-order valence-corrected chi connectivity index (χ4v) is 2.84. The molecule has 0 amide bonds. The lowest BCUT2D eigenvalue weighted by Crippen LogP contribution is -2.22. The third-order valence-electron chi connectivity index (χ3n) is 3.61. The summed E-state index contributed by atoms with van der Waals surface area (Å²) in [4.78, 5) is 1.23. The van der Waals surface area contributed by atoms with Gasteiger partial charge in [-0.05, 0) is 49.9 Å². The monoisotopic (exact) mass is 303 g/mol. The maximum atomic E-state index is 9.91. The number of hydrogen-bond donors (Lipinski definition) is 3. The number of hydrogen-bond acceptors (Lipinski definition) is 4. The van der Waals surface area contributed by atoms with Crippen LogP contribution in [-0.4, -0.2) is 16.5 Å². The predicted octanol–water partition coefficient (Wildman–Crippen LogP) is 4.23. The highest BCUT2D eigenvalue weighted by molar-refractivity contribution is 7.98. The molecule has 0 aliphatic heterocycles. The van der Waals surface area contributed by atoms with Crippen LogP contribution < -0.4 is 5.32 Å². The van der Waals surface area contributed by atoms with Crippen molar-refractivity contribution >= 4 is 11.8 Å². The fraction of sp³-hybridized carbons (Fsp3) is 0.294. The predicted molar refractivity (Wildman–Crippen MR) is 88.0 cm³/mol. The molecule has 0 bridgehead atoms. The maximum absolute atomic E-state index is 9.91. The molecule has 0 saturated carbocycles. The number of benzene rings is 2. The molecule has 0 aliphatic carbocycles. The summed E-state index contributed by atoms with van der Waals surface area (Å²) in [7, 11) is 0. The van der Waals surface area contributed by atoms with Gasteiger partial charge in [-0.1, -0.05) is 18.2 Å². The SMILES string of the molecule is CSc1ccc(C(C)NC(C)c2c(O)cccc2O)cc1. The second-order valence-corrected chi connectivity index (χ2v) is 5.97. The average molecular weight is 303 g/mol. The Morgan fingerprint density at radius 3 is 2.00 bits per heavy atom. The Labute approximate surface area is 130 Å². The minimum Gasteiger partial charge on any atom is -0.507 e. The van der Waals surface area contributed by atoms with Crippen LogP contribution in [0, 0.1) is 0 Å². The van der Waals surface area contributed by atoms with E-state index in [1.54, 1.807) is 30.0 Å². The molecule has 2 unspecified atom stereocenters. The summed E-state index contributed by atoms with van der Waals surface area (Å²) in [5.74, 6) is 0.222. The van der Waals surface area contributed by atoms with Gasteiger partial charge in [0.2, 0.25) is 0 Å². The molecule has 112 valence electrons. The Balaban J connectivity index is 2.12. The van der Waals surface area contributed by atoms with E-state index in [-0.39, 0.29) is 23.6 Å². The van der Waals surface area contributed by atoms with Crippen LogP contribution in [0.5, 0.6) is 11.5 Å². The van der Waals surface area contributed by atoms with Crippen LogP contribution in [0.3, 0.4) is 0 Å². The molecule has 3 nitrogen and oxygen atoms in total. The van der Waals surface area contributed by atoms with E-state index < -0.39 is 0 Å². The standard InChI is InChI=1S/C17H21NO2S/c1-11(13-7-9-14(21-3)10-8-13)18-12(2)17-15(19)5-4-6-16(17)20/h4-12,18-20H,1-3H3. The molecule has 2 aromatic rings. The number of aromatic hydroxyl groups is 2. The highest BCUT2D eigenvalue weighted by Gasteiger charge is 2.17. The van der Waals surface area contributed by atoms with Gasteiger partial charge in [0.25, 0.3) is 0 Å². The van der Waals surface area contributed by atoms with Gasteiger partial charge in [-0.2, -0.15) is 0 Å². The summed E-state index contributed by atoms with van der Waals surface area (Å²) >= 11 is 1.72. The van der Waals surface area contributed by atoms with Crippen LogP contribution in [0.15, 0.2) is 47.4 Å². The Morgan fingerprint density at radius 2 is 1.48 bits per heavy atom. The lowest BCUT2D eigenvalue weighted by molar-refractivity contribution is 0.407. The molecule has 0 heterocycles. The van der Waals surface area contributed by atoms with Gasteiger partial charge in [-0.25, -0.2) is 0 Å². The van der Waals surface area contributed by atoms with Crippen molar-refractivity contribution in [1.82, 2.24) is 5.32 Å². The maximum Gasteiger partial charge on any atom is 0.124 e. The van der Waals surface area contributed by atoms with Gasteiger partial charge in [0.1, 0.15) is 11.5 Å². The molecule has 2 rings (SSSR count). The van der Waals surface area contributed by atoms with Crippen LogP contribution in [0.25, 0.3) is 0 Å². The van der Waals surface area contributed by atoms with Gasteiger partial charge in [0.15, 0.2) is 0 Å². The van der Waals surface area contributed by atoms with Gasteiger partial charge in [-0.15, -0.1) is 11.8 Å². The van der Waals surface area contributed by atoms with Crippen molar-refractivity contribution in [2.75, 3.05) is 6.26 Å². The van der Waals surface area contributed by atoms with E-state index in [4.69, 9.17) is 0 Å². The number of phenols is 2. The topological polar surface area (TPSA) is 52.5 Å². The fourth-order valence-electron chi connectivity index (χ4n) is 2.43. The van der Waals surface area contributed by atoms with Gasteiger partial charge < -0.3 is 15.5 Å². The van der Waals surface area contributed by atoms with Crippen LogP contribution in [0.1, 0.15) is 37.1 Å². The second-order valence-electron chi connectivity index (χ2n) is 5.09. The van der Waals surface area contributed by atoms with Crippen molar-refractivity contribution in [3.63, 3.8) is 0 Å². The highest BCUT2D eigenvalue weighted by Crippen LogP contribution is 2.33. The van der Waals surface area contributed by atoms with Gasteiger partial charge in [-0.3, -0.25) is 0 Å². The van der Waals surface area contributed by atoms with Crippen LogP contribution >= 0.6 is 11.8 Å². The third-order valence-corrected chi connectivity index (χ3v) is 4.35. The quantitative estimate of drug-likeness (QED) is 0.723. The van der Waals surface area contributed by atoms with Gasteiger partial charge >= 0.3 is 0 Å². The van der Waals surface area contributed by atoms with E-state index in [0.29, 0.717) is 5.56 Å². The first-order valence-electron chi connectivity index (χ1n) is 6.93. The number of nitrogens with one attached hydrogen (secondary N) is 1. The summed E-state index contributed by atoms with van der Waals surface area (Å²) in [6, 6.07) is 13.2. The van der Waals surface area contributed by atoms with Crippen LogP contribution in [0.4, 0.5) is 0 Å². The van der Waals surface area contributed by atoms with E-state index in [1.165, 1.54) is 10.5 Å². The van der Waals surface area contributed by atoms with Crippen molar-refractivity contribution in [3.05, 3.63) is 53.6 Å². The van der Waals surface area contributed by atoms with E-state index in [0.717, 1.165) is 0 Å². The molecule has 0 fully saturated rings. The molecule has 0 radical (unpaired) electrons. The highest BCUT2D eigenvalue weighted by atomic mass is 32.2. The number of phenolic OH excluding ortho intramolecular Hbond substituents is 2. The summed E-state index contributed by atoms with van der Waals surface area (Å²) in [6.07, 6.45) is 2.06. The molecule has 0 aliphatic rings. The molecule has 0 saturated heterocycles. The third kappa shape index (κ3) is 3.71.